The van der Waals surface area contributed by atoms with Crippen LogP contribution >= 0.6 is 11.3 Å². The number of nitrogens with zero attached hydrogens (tertiary/aromatic N) is 1. The van der Waals surface area contributed by atoms with Crippen LogP contribution in [-0.2, 0) is 16.9 Å². The molecular formula is C21H23NO6S. The summed E-state index contributed by atoms with van der Waals surface area (Å²) < 4.78 is 6.52. The zero-order valence-corrected chi connectivity index (χ0v) is 16.6. The molecule has 0 amide bonds. The van der Waals surface area contributed by atoms with E-state index in [2.05, 4.69) is 4.98 Å². The largest absolute Gasteiger partial charge is 0.394 e. The molecule has 0 bridgehead atoms. The average Bonchev–Trinajstić information content (AvgIpc) is 3.13. The monoisotopic (exact) mass is 417 g/mol. The van der Waals surface area contributed by atoms with Gasteiger partial charge in [-0.1, -0.05) is 24.3 Å². The Morgan fingerprint density at radius 3 is 2.59 bits per heavy atom. The van der Waals surface area contributed by atoms with Crippen LogP contribution in [0.5, 0.6) is 0 Å². The molecule has 0 saturated carbocycles. The number of fused-ring (bicyclic) bond motifs is 1. The summed E-state index contributed by atoms with van der Waals surface area (Å²) >= 11 is 1.59. The standard InChI is InChI=1S/C21H23NO6S/c1-11-6-7-13(21(27)20(26)19(25)18(24)15(10-23)28-21)8-12(11)9-17-22-14-4-2-3-5-16(14)29-17/h2-8,15,18-20,23-27H,9-10H2,1H3/t15-,18-,19+,20-,21?/m1/s1. The van der Waals surface area contributed by atoms with Crippen LogP contribution in [0, 0.1) is 6.92 Å². The molecule has 5 N–H and O–H groups in total. The van der Waals surface area contributed by atoms with Crippen LogP contribution in [0.3, 0.4) is 0 Å². The van der Waals surface area contributed by atoms with Gasteiger partial charge in [0, 0.05) is 12.0 Å². The third-order valence-corrected chi connectivity index (χ3v) is 6.45. The highest BCUT2D eigenvalue weighted by Gasteiger charge is 2.53. The minimum absolute atomic E-state index is 0.233. The van der Waals surface area contributed by atoms with Gasteiger partial charge < -0.3 is 30.3 Å². The number of aliphatic hydroxyl groups excluding tert-OH is 4. The fourth-order valence-electron chi connectivity index (χ4n) is 3.64. The lowest BCUT2D eigenvalue weighted by Crippen LogP contribution is -2.63. The second kappa shape index (κ2) is 7.73. The van der Waals surface area contributed by atoms with Crippen LogP contribution in [-0.4, -0.2) is 61.5 Å². The molecule has 5 atom stereocenters. The van der Waals surface area contributed by atoms with E-state index in [0.29, 0.717) is 6.42 Å². The van der Waals surface area contributed by atoms with Crippen molar-refractivity contribution in [1.29, 1.82) is 0 Å². The number of aliphatic hydroxyl groups is 5. The van der Waals surface area contributed by atoms with Gasteiger partial charge in [-0.2, -0.15) is 0 Å². The predicted octanol–water partition coefficient (Wildman–Crippen LogP) is 0.814. The van der Waals surface area contributed by atoms with E-state index in [1.807, 2.05) is 31.2 Å². The summed E-state index contributed by atoms with van der Waals surface area (Å²) in [7, 11) is 0. The van der Waals surface area contributed by atoms with Gasteiger partial charge in [0.05, 0.1) is 21.8 Å². The summed E-state index contributed by atoms with van der Waals surface area (Å²) in [6.07, 6.45) is -5.66. The van der Waals surface area contributed by atoms with E-state index in [0.717, 1.165) is 26.4 Å². The van der Waals surface area contributed by atoms with Crippen LogP contribution < -0.4 is 0 Å². The lowest BCUT2D eigenvalue weighted by molar-refractivity contribution is -0.357. The molecule has 154 valence electrons. The smallest absolute Gasteiger partial charge is 0.222 e. The number of hydrogen-bond donors (Lipinski definition) is 5. The molecule has 1 aromatic heterocycles. The maximum Gasteiger partial charge on any atom is 0.222 e. The Morgan fingerprint density at radius 2 is 1.86 bits per heavy atom. The van der Waals surface area contributed by atoms with Gasteiger partial charge in [-0.05, 0) is 36.2 Å². The number of benzene rings is 2. The maximum atomic E-state index is 11.0. The fourth-order valence-corrected chi connectivity index (χ4v) is 4.63. The first-order chi connectivity index (χ1) is 13.8. The van der Waals surface area contributed by atoms with E-state index in [-0.39, 0.29) is 5.56 Å². The van der Waals surface area contributed by atoms with Crippen molar-refractivity contribution in [3.05, 3.63) is 64.2 Å². The van der Waals surface area contributed by atoms with Crippen molar-refractivity contribution in [2.24, 2.45) is 0 Å². The minimum atomic E-state index is -2.26. The first-order valence-corrected chi connectivity index (χ1v) is 10.1. The van der Waals surface area contributed by atoms with Crippen molar-refractivity contribution in [3.63, 3.8) is 0 Å². The Labute approximate surface area is 171 Å². The van der Waals surface area contributed by atoms with Crippen molar-refractivity contribution in [2.45, 2.75) is 43.5 Å². The van der Waals surface area contributed by atoms with E-state index >= 15 is 0 Å². The minimum Gasteiger partial charge on any atom is -0.394 e. The SMILES string of the molecule is Cc1ccc(C2(O)O[C@H](CO)[C@@H](O)[C@H](O)[C@H]2O)cc1Cc1nc2ccccc2s1. The Balaban J connectivity index is 1.68. The van der Waals surface area contributed by atoms with Gasteiger partial charge in [0.15, 0.2) is 0 Å². The highest BCUT2D eigenvalue weighted by atomic mass is 32.1. The first kappa shape index (κ1) is 20.4. The van der Waals surface area contributed by atoms with E-state index in [4.69, 9.17) is 4.74 Å². The molecule has 2 aromatic carbocycles. The molecule has 0 aliphatic carbocycles. The molecule has 1 unspecified atom stereocenters. The number of para-hydroxylation sites is 1. The molecule has 3 aromatic rings. The second-order valence-electron chi connectivity index (χ2n) is 7.35. The van der Waals surface area contributed by atoms with Crippen LogP contribution in [0.4, 0.5) is 0 Å². The van der Waals surface area contributed by atoms with Gasteiger partial charge in [0.2, 0.25) is 5.79 Å². The topological polar surface area (TPSA) is 123 Å². The van der Waals surface area contributed by atoms with Crippen LogP contribution in [0.15, 0.2) is 42.5 Å². The number of rotatable bonds is 4. The van der Waals surface area contributed by atoms with Crippen molar-refractivity contribution in [3.8, 4) is 0 Å². The molecule has 1 aliphatic rings. The van der Waals surface area contributed by atoms with Crippen LogP contribution in [0.1, 0.15) is 21.7 Å². The molecule has 1 fully saturated rings. The third-order valence-electron chi connectivity index (χ3n) is 5.41. The summed E-state index contributed by atoms with van der Waals surface area (Å²) in [6, 6.07) is 12.9. The predicted molar refractivity (Wildman–Crippen MR) is 107 cm³/mol. The lowest BCUT2D eigenvalue weighted by Gasteiger charge is -2.45. The summed E-state index contributed by atoms with van der Waals surface area (Å²) in [5, 5.41) is 51.8. The average molecular weight is 417 g/mol. The summed E-state index contributed by atoms with van der Waals surface area (Å²) in [5.41, 5.74) is 3.01. The number of hydrogen-bond acceptors (Lipinski definition) is 8. The zero-order chi connectivity index (χ0) is 20.8. The number of thiazole rings is 1. The molecule has 8 heteroatoms. The number of aromatic nitrogens is 1. The van der Waals surface area contributed by atoms with Crippen LogP contribution in [0.25, 0.3) is 10.2 Å². The van der Waals surface area contributed by atoms with Crippen molar-refractivity contribution in [2.75, 3.05) is 6.61 Å². The van der Waals surface area contributed by atoms with E-state index < -0.39 is 36.8 Å². The molecule has 0 radical (unpaired) electrons. The van der Waals surface area contributed by atoms with Crippen molar-refractivity contribution < 1.29 is 30.3 Å². The molecule has 29 heavy (non-hydrogen) atoms. The third kappa shape index (κ3) is 3.57. The first-order valence-electron chi connectivity index (χ1n) is 9.33. The Morgan fingerprint density at radius 1 is 1.10 bits per heavy atom. The summed E-state index contributed by atoms with van der Waals surface area (Å²) in [6.45, 7) is 1.32. The Kier molecular flexibility index (Phi) is 5.43. The normalized spacial score (nSPS) is 30.0. The van der Waals surface area contributed by atoms with Gasteiger partial charge in [0.25, 0.3) is 0 Å². The molecule has 0 spiro atoms. The number of ether oxygens (including phenoxy) is 1. The molecule has 2 heterocycles. The van der Waals surface area contributed by atoms with Gasteiger partial charge in [-0.25, -0.2) is 4.98 Å². The molecule has 1 saturated heterocycles. The van der Waals surface area contributed by atoms with E-state index in [1.54, 1.807) is 29.5 Å². The highest BCUT2D eigenvalue weighted by Crippen LogP contribution is 2.37. The van der Waals surface area contributed by atoms with E-state index in [9.17, 15) is 25.5 Å². The summed E-state index contributed by atoms with van der Waals surface area (Å²) in [5.74, 6) is -2.26. The second-order valence-corrected chi connectivity index (χ2v) is 8.47. The van der Waals surface area contributed by atoms with E-state index in [1.165, 1.54) is 0 Å². The molecular weight excluding hydrogens is 394 g/mol. The van der Waals surface area contributed by atoms with Gasteiger partial charge in [-0.15, -0.1) is 11.3 Å². The van der Waals surface area contributed by atoms with Crippen molar-refractivity contribution >= 4 is 21.6 Å². The molecule has 1 aliphatic heterocycles. The van der Waals surface area contributed by atoms with Gasteiger partial charge in [-0.3, -0.25) is 0 Å². The lowest BCUT2D eigenvalue weighted by atomic mass is 9.87. The molecule has 7 nitrogen and oxygen atoms in total. The Hall–Kier alpha value is -1.91. The zero-order valence-electron chi connectivity index (χ0n) is 15.8. The fraction of sp³-hybridized carbons (Fsp3) is 0.381. The molecule has 4 rings (SSSR count). The summed E-state index contributed by atoms with van der Waals surface area (Å²) in [4.78, 5) is 4.64. The maximum absolute atomic E-state index is 11.0. The highest BCUT2D eigenvalue weighted by molar-refractivity contribution is 7.18. The van der Waals surface area contributed by atoms with Crippen LogP contribution in [0.2, 0.25) is 0 Å². The van der Waals surface area contributed by atoms with Gasteiger partial charge in [0.1, 0.15) is 24.4 Å². The quantitative estimate of drug-likeness (QED) is 0.426. The van der Waals surface area contributed by atoms with Crippen molar-refractivity contribution in [1.82, 2.24) is 4.98 Å². The number of aryl methyl sites for hydroxylation is 1. The Bertz CT molecular complexity index is 988. The van der Waals surface area contributed by atoms with Gasteiger partial charge >= 0.3 is 0 Å².